The van der Waals surface area contributed by atoms with Gasteiger partial charge in [-0.3, -0.25) is 0 Å². The van der Waals surface area contributed by atoms with Crippen LogP contribution >= 0.6 is 0 Å². The highest BCUT2D eigenvalue weighted by Gasteiger charge is 2.33. The average molecular weight is 361 g/mol. The molecule has 27 heavy (non-hydrogen) atoms. The molecule has 1 N–H and O–H groups in total. The summed E-state index contributed by atoms with van der Waals surface area (Å²) >= 11 is 0. The van der Waals surface area contributed by atoms with E-state index < -0.39 is 5.60 Å². The van der Waals surface area contributed by atoms with Crippen LogP contribution in [0, 0.1) is 6.92 Å². The standard InChI is InChI=1S/C24H28N2O/c1-18-6-8-19(9-7-18)24(27,20-10-14-22(15-11-20)25(2)3)21-12-16-23(17-13-21)26(4)5/h6-17,27H,1-5H3. The van der Waals surface area contributed by atoms with Gasteiger partial charge < -0.3 is 14.9 Å². The number of hydrogen-bond acceptors (Lipinski definition) is 3. The van der Waals surface area contributed by atoms with E-state index >= 15 is 0 Å². The Labute approximate surface area is 162 Å². The molecule has 0 saturated carbocycles. The first-order valence-corrected chi connectivity index (χ1v) is 9.17. The lowest BCUT2D eigenvalue weighted by molar-refractivity contribution is 0.125. The van der Waals surface area contributed by atoms with Crippen LogP contribution < -0.4 is 9.80 Å². The Bertz CT molecular complexity index is 828. The molecule has 0 aliphatic rings. The minimum absolute atomic E-state index is 0.856. The Kier molecular flexibility index (Phi) is 5.24. The molecule has 0 atom stereocenters. The van der Waals surface area contributed by atoms with Gasteiger partial charge >= 0.3 is 0 Å². The molecule has 0 aliphatic carbocycles. The number of hydrogen-bond donors (Lipinski definition) is 1. The molecule has 0 aliphatic heterocycles. The summed E-state index contributed by atoms with van der Waals surface area (Å²) in [4.78, 5) is 4.11. The van der Waals surface area contributed by atoms with E-state index in [1.807, 2.05) is 101 Å². The first-order valence-electron chi connectivity index (χ1n) is 9.17. The molecule has 0 aromatic heterocycles. The minimum atomic E-state index is -1.20. The van der Waals surface area contributed by atoms with Crippen LogP contribution in [0.1, 0.15) is 22.3 Å². The van der Waals surface area contributed by atoms with Crippen molar-refractivity contribution in [1.82, 2.24) is 0 Å². The molecular weight excluding hydrogens is 332 g/mol. The number of rotatable bonds is 5. The second-order valence-electron chi connectivity index (χ2n) is 7.46. The van der Waals surface area contributed by atoms with Crippen molar-refractivity contribution in [1.29, 1.82) is 0 Å². The number of aryl methyl sites for hydroxylation is 1. The lowest BCUT2D eigenvalue weighted by Gasteiger charge is -2.31. The summed E-state index contributed by atoms with van der Waals surface area (Å²) in [5.74, 6) is 0. The predicted octanol–water partition coefficient (Wildman–Crippen LogP) is 4.41. The molecule has 0 heterocycles. The monoisotopic (exact) mass is 360 g/mol. The smallest absolute Gasteiger partial charge is 0.140 e. The van der Waals surface area contributed by atoms with Gasteiger partial charge in [-0.15, -0.1) is 0 Å². The quantitative estimate of drug-likeness (QED) is 0.683. The zero-order chi connectivity index (χ0) is 19.6. The largest absolute Gasteiger partial charge is 0.378 e. The van der Waals surface area contributed by atoms with Crippen LogP contribution in [0.3, 0.4) is 0 Å². The Hall–Kier alpha value is -2.78. The third-order valence-electron chi connectivity index (χ3n) is 5.07. The average Bonchev–Trinajstić information content (AvgIpc) is 2.68. The van der Waals surface area contributed by atoms with E-state index in [-0.39, 0.29) is 0 Å². The summed E-state index contributed by atoms with van der Waals surface area (Å²) in [6.45, 7) is 2.06. The maximum absolute atomic E-state index is 11.9. The van der Waals surface area contributed by atoms with Crippen molar-refractivity contribution in [2.75, 3.05) is 38.0 Å². The zero-order valence-electron chi connectivity index (χ0n) is 16.8. The zero-order valence-corrected chi connectivity index (χ0v) is 16.8. The van der Waals surface area contributed by atoms with Gasteiger partial charge in [-0.2, -0.15) is 0 Å². The third kappa shape index (κ3) is 3.69. The summed E-state index contributed by atoms with van der Waals surface area (Å²) in [5.41, 5.74) is 4.75. The molecule has 3 heteroatoms. The summed E-state index contributed by atoms with van der Waals surface area (Å²) in [5, 5.41) is 11.9. The summed E-state index contributed by atoms with van der Waals surface area (Å²) in [6.07, 6.45) is 0. The summed E-state index contributed by atoms with van der Waals surface area (Å²) in [7, 11) is 8.06. The second kappa shape index (κ2) is 7.45. The van der Waals surface area contributed by atoms with Crippen LogP contribution in [0.5, 0.6) is 0 Å². The van der Waals surface area contributed by atoms with Gasteiger partial charge in [-0.05, 0) is 47.9 Å². The van der Waals surface area contributed by atoms with Crippen LogP contribution in [-0.4, -0.2) is 33.3 Å². The van der Waals surface area contributed by atoms with Crippen molar-refractivity contribution in [3.05, 3.63) is 95.1 Å². The first-order chi connectivity index (χ1) is 12.8. The Morgan fingerprint density at radius 3 is 1.15 bits per heavy atom. The van der Waals surface area contributed by atoms with Crippen LogP contribution in [-0.2, 0) is 5.60 Å². The molecule has 3 rings (SSSR count). The molecule has 3 nitrogen and oxygen atoms in total. The first kappa shape index (κ1) is 19.0. The van der Waals surface area contributed by atoms with E-state index in [9.17, 15) is 5.11 Å². The molecule has 0 fully saturated rings. The number of benzene rings is 3. The van der Waals surface area contributed by atoms with Gasteiger partial charge in [0.2, 0.25) is 0 Å². The molecule has 3 aromatic carbocycles. The molecule has 0 amide bonds. The highest BCUT2D eigenvalue weighted by atomic mass is 16.3. The molecule has 3 aromatic rings. The number of aliphatic hydroxyl groups is 1. The molecule has 0 bridgehead atoms. The van der Waals surface area contributed by atoms with Gasteiger partial charge in [0.1, 0.15) is 5.60 Å². The van der Waals surface area contributed by atoms with Crippen molar-refractivity contribution < 1.29 is 5.11 Å². The van der Waals surface area contributed by atoms with Crippen LogP contribution in [0.15, 0.2) is 72.8 Å². The van der Waals surface area contributed by atoms with E-state index in [0.29, 0.717) is 0 Å². The summed E-state index contributed by atoms with van der Waals surface area (Å²) in [6, 6.07) is 24.3. The van der Waals surface area contributed by atoms with Crippen molar-refractivity contribution >= 4 is 11.4 Å². The van der Waals surface area contributed by atoms with Gasteiger partial charge in [0.05, 0.1) is 0 Å². The van der Waals surface area contributed by atoms with Crippen molar-refractivity contribution in [2.24, 2.45) is 0 Å². The SMILES string of the molecule is Cc1ccc(C(O)(c2ccc(N(C)C)cc2)c2ccc(N(C)C)cc2)cc1. The van der Waals surface area contributed by atoms with E-state index in [1.165, 1.54) is 5.56 Å². The van der Waals surface area contributed by atoms with Gasteiger partial charge in [-0.1, -0.05) is 54.1 Å². The molecular formula is C24H28N2O. The normalized spacial score (nSPS) is 11.3. The van der Waals surface area contributed by atoms with E-state index in [4.69, 9.17) is 0 Å². The van der Waals surface area contributed by atoms with Gasteiger partial charge in [0, 0.05) is 39.6 Å². The maximum atomic E-state index is 11.9. The van der Waals surface area contributed by atoms with Crippen LogP contribution in [0.25, 0.3) is 0 Å². The topological polar surface area (TPSA) is 26.7 Å². The lowest BCUT2D eigenvalue weighted by Crippen LogP contribution is -2.29. The van der Waals surface area contributed by atoms with E-state index in [1.54, 1.807) is 0 Å². The van der Waals surface area contributed by atoms with Crippen molar-refractivity contribution in [3.8, 4) is 0 Å². The minimum Gasteiger partial charge on any atom is -0.378 e. The van der Waals surface area contributed by atoms with Crippen molar-refractivity contribution in [2.45, 2.75) is 12.5 Å². The Balaban J connectivity index is 2.15. The number of nitrogens with zero attached hydrogens (tertiary/aromatic N) is 2. The maximum Gasteiger partial charge on any atom is 0.140 e. The Morgan fingerprint density at radius 2 is 0.852 bits per heavy atom. The van der Waals surface area contributed by atoms with Gasteiger partial charge in [0.15, 0.2) is 0 Å². The highest BCUT2D eigenvalue weighted by molar-refractivity contribution is 5.55. The van der Waals surface area contributed by atoms with Gasteiger partial charge in [0.25, 0.3) is 0 Å². The van der Waals surface area contributed by atoms with Gasteiger partial charge in [-0.25, -0.2) is 0 Å². The molecule has 0 saturated heterocycles. The van der Waals surface area contributed by atoms with E-state index in [2.05, 4.69) is 16.7 Å². The number of anilines is 2. The van der Waals surface area contributed by atoms with Crippen molar-refractivity contribution in [3.63, 3.8) is 0 Å². The predicted molar refractivity (Wildman–Crippen MR) is 115 cm³/mol. The summed E-state index contributed by atoms with van der Waals surface area (Å²) < 4.78 is 0. The molecule has 0 spiro atoms. The fourth-order valence-corrected chi connectivity index (χ4v) is 3.30. The molecule has 0 unspecified atom stereocenters. The van der Waals surface area contributed by atoms with Crippen LogP contribution in [0.2, 0.25) is 0 Å². The Morgan fingerprint density at radius 1 is 0.556 bits per heavy atom. The third-order valence-corrected chi connectivity index (χ3v) is 5.07. The second-order valence-corrected chi connectivity index (χ2v) is 7.46. The lowest BCUT2D eigenvalue weighted by atomic mass is 9.80. The molecule has 140 valence electrons. The molecule has 0 radical (unpaired) electrons. The highest BCUT2D eigenvalue weighted by Crippen LogP contribution is 2.38. The fraction of sp³-hybridized carbons (Fsp3) is 0.250. The van der Waals surface area contributed by atoms with Crippen LogP contribution in [0.4, 0.5) is 11.4 Å². The fourth-order valence-electron chi connectivity index (χ4n) is 3.30. The van der Waals surface area contributed by atoms with E-state index in [0.717, 1.165) is 28.1 Å².